The first-order valence-corrected chi connectivity index (χ1v) is 8.92. The lowest BCUT2D eigenvalue weighted by atomic mass is 9.93. The van der Waals surface area contributed by atoms with Gasteiger partial charge in [0.1, 0.15) is 11.6 Å². The molecule has 3 heteroatoms. The molecule has 1 aliphatic rings. The Morgan fingerprint density at radius 1 is 1.40 bits per heavy atom. The van der Waals surface area contributed by atoms with Crippen LogP contribution in [0.5, 0.6) is 0 Å². The Morgan fingerprint density at radius 3 is 2.84 bits per heavy atom. The third-order valence-electron chi connectivity index (χ3n) is 4.55. The lowest BCUT2D eigenvalue weighted by Gasteiger charge is -2.40. The Kier molecular flexibility index (Phi) is 6.81. The molecule has 0 aromatic carbocycles. The van der Waals surface area contributed by atoms with E-state index in [1.165, 1.54) is 11.3 Å². The molecule has 3 nitrogen and oxygen atoms in total. The number of hydrogen-bond donors (Lipinski definition) is 1. The van der Waals surface area contributed by atoms with Crippen LogP contribution in [0.4, 0.5) is 5.82 Å². The summed E-state index contributed by atoms with van der Waals surface area (Å²) in [5.74, 6) is 1.70. The average Bonchev–Trinajstić information content (AvgIpc) is 2.61. The molecule has 2 heterocycles. The van der Waals surface area contributed by atoms with E-state index in [4.69, 9.17) is 0 Å². The first kappa shape index (κ1) is 18.8. The van der Waals surface area contributed by atoms with E-state index < -0.39 is 0 Å². The standard InChI is InChI=1S/C22H29N3/c1-6-10-21-15-14-20(13-12-17(3)7-2)18(4)25(21)19(5)24-22-11-8-9-16-23-22/h7-9,11-13,16,21H,2-3,5-6,10,14-15H2,1,4H3,(H,23,24)/b13-12-/t21-/m0/s1. The van der Waals surface area contributed by atoms with Crippen molar-refractivity contribution in [1.82, 2.24) is 9.88 Å². The highest BCUT2D eigenvalue weighted by atomic mass is 15.3. The van der Waals surface area contributed by atoms with Crippen molar-refractivity contribution >= 4 is 5.82 Å². The van der Waals surface area contributed by atoms with Gasteiger partial charge in [-0.1, -0.05) is 57.4 Å². The normalized spacial score (nSPS) is 17.7. The van der Waals surface area contributed by atoms with Crippen molar-refractivity contribution in [3.8, 4) is 0 Å². The number of nitrogens with zero attached hydrogens (tertiary/aromatic N) is 2. The molecule has 0 saturated carbocycles. The zero-order chi connectivity index (χ0) is 18.2. The predicted octanol–water partition coefficient (Wildman–Crippen LogP) is 5.80. The van der Waals surface area contributed by atoms with Gasteiger partial charge in [-0.15, -0.1) is 0 Å². The first-order chi connectivity index (χ1) is 12.1. The number of allylic oxidation sites excluding steroid dienone is 6. The van der Waals surface area contributed by atoms with Gasteiger partial charge in [0.25, 0.3) is 0 Å². The van der Waals surface area contributed by atoms with Gasteiger partial charge in [0.05, 0.1) is 0 Å². The van der Waals surface area contributed by atoms with Crippen molar-refractivity contribution in [2.75, 3.05) is 5.32 Å². The monoisotopic (exact) mass is 335 g/mol. The van der Waals surface area contributed by atoms with Crippen molar-refractivity contribution in [1.29, 1.82) is 0 Å². The van der Waals surface area contributed by atoms with Crippen molar-refractivity contribution in [3.63, 3.8) is 0 Å². The zero-order valence-corrected chi connectivity index (χ0v) is 15.5. The summed E-state index contributed by atoms with van der Waals surface area (Å²) < 4.78 is 0. The molecule has 25 heavy (non-hydrogen) atoms. The zero-order valence-electron chi connectivity index (χ0n) is 15.5. The summed E-state index contributed by atoms with van der Waals surface area (Å²) >= 11 is 0. The van der Waals surface area contributed by atoms with Crippen molar-refractivity contribution < 1.29 is 0 Å². The SMILES string of the molecule is C=CC(=C)/C=C\C1=C(C)N(C(=C)Nc2ccccn2)[C@@H](CCC)CC1. The smallest absolute Gasteiger partial charge is 0.131 e. The van der Waals surface area contributed by atoms with Crippen molar-refractivity contribution in [2.45, 2.75) is 45.6 Å². The maximum Gasteiger partial charge on any atom is 0.131 e. The topological polar surface area (TPSA) is 28.2 Å². The van der Waals surface area contributed by atoms with Crippen LogP contribution in [0.2, 0.25) is 0 Å². The highest BCUT2D eigenvalue weighted by molar-refractivity contribution is 5.42. The minimum Gasteiger partial charge on any atom is -0.329 e. The molecule has 2 rings (SSSR count). The van der Waals surface area contributed by atoms with Gasteiger partial charge in [0, 0.05) is 17.9 Å². The van der Waals surface area contributed by atoms with E-state index in [-0.39, 0.29) is 0 Å². The molecule has 1 aromatic heterocycles. The Morgan fingerprint density at radius 2 is 2.20 bits per heavy atom. The number of rotatable bonds is 8. The molecule has 0 saturated heterocycles. The molecule has 0 fully saturated rings. The van der Waals surface area contributed by atoms with Gasteiger partial charge < -0.3 is 10.2 Å². The molecule has 0 unspecified atom stereocenters. The summed E-state index contributed by atoms with van der Waals surface area (Å²) in [5, 5.41) is 3.36. The van der Waals surface area contributed by atoms with E-state index in [1.54, 1.807) is 12.3 Å². The van der Waals surface area contributed by atoms with Gasteiger partial charge >= 0.3 is 0 Å². The molecule has 0 spiro atoms. The van der Waals surface area contributed by atoms with Crippen LogP contribution in [0.1, 0.15) is 39.5 Å². The van der Waals surface area contributed by atoms with Crippen molar-refractivity contribution in [3.05, 3.63) is 85.0 Å². The molecule has 1 aromatic rings. The van der Waals surface area contributed by atoms with Crippen LogP contribution < -0.4 is 5.32 Å². The number of pyridine rings is 1. The quantitative estimate of drug-likeness (QED) is 0.608. The van der Waals surface area contributed by atoms with E-state index in [0.29, 0.717) is 6.04 Å². The minimum atomic E-state index is 0.466. The second-order valence-corrected chi connectivity index (χ2v) is 6.36. The lowest BCUT2D eigenvalue weighted by Crippen LogP contribution is -2.38. The van der Waals surface area contributed by atoms with Crippen LogP contribution in [0.3, 0.4) is 0 Å². The van der Waals surface area contributed by atoms with Crippen LogP contribution in [0, 0.1) is 0 Å². The summed E-state index contributed by atoms with van der Waals surface area (Å²) in [7, 11) is 0. The van der Waals surface area contributed by atoms with Gasteiger partial charge in [0.15, 0.2) is 0 Å². The van der Waals surface area contributed by atoms with Crippen LogP contribution in [-0.2, 0) is 0 Å². The molecule has 0 radical (unpaired) electrons. The number of aromatic nitrogens is 1. The third kappa shape index (κ3) is 4.96. The molecule has 132 valence electrons. The fourth-order valence-corrected chi connectivity index (χ4v) is 3.21. The van der Waals surface area contributed by atoms with Gasteiger partial charge in [-0.05, 0) is 49.5 Å². The molecule has 1 N–H and O–H groups in total. The van der Waals surface area contributed by atoms with Crippen molar-refractivity contribution in [2.24, 2.45) is 0 Å². The second kappa shape index (κ2) is 9.07. The lowest BCUT2D eigenvalue weighted by molar-refractivity contribution is 0.263. The van der Waals surface area contributed by atoms with E-state index in [2.05, 4.69) is 54.9 Å². The largest absolute Gasteiger partial charge is 0.329 e. The van der Waals surface area contributed by atoms with Gasteiger partial charge in [0.2, 0.25) is 0 Å². The molecule has 1 aliphatic heterocycles. The molecular formula is C22H29N3. The molecule has 1 atom stereocenters. The Balaban J connectivity index is 2.26. The maximum absolute atomic E-state index is 4.35. The number of hydrogen-bond acceptors (Lipinski definition) is 3. The van der Waals surface area contributed by atoms with E-state index in [9.17, 15) is 0 Å². The Hall–Kier alpha value is -2.55. The molecule has 0 aliphatic carbocycles. The summed E-state index contributed by atoms with van der Waals surface area (Å²) in [6.45, 7) is 16.4. The van der Waals surface area contributed by atoms with Crippen LogP contribution in [-0.4, -0.2) is 15.9 Å². The summed E-state index contributed by atoms with van der Waals surface area (Å²) in [6.07, 6.45) is 12.2. The first-order valence-electron chi connectivity index (χ1n) is 8.92. The molecule has 0 amide bonds. The minimum absolute atomic E-state index is 0.466. The molecule has 0 bridgehead atoms. The van der Waals surface area contributed by atoms with E-state index in [1.807, 2.05) is 24.3 Å². The van der Waals surface area contributed by atoms with Gasteiger partial charge in [-0.25, -0.2) is 4.98 Å². The van der Waals surface area contributed by atoms with Crippen LogP contribution in [0.25, 0.3) is 0 Å². The Bertz CT molecular complexity index is 682. The summed E-state index contributed by atoms with van der Waals surface area (Å²) in [6, 6.07) is 6.31. The highest BCUT2D eigenvalue weighted by Crippen LogP contribution is 2.33. The fourth-order valence-electron chi connectivity index (χ4n) is 3.21. The predicted molar refractivity (Wildman–Crippen MR) is 108 cm³/mol. The fraction of sp³-hybridized carbons (Fsp3) is 0.318. The summed E-state index contributed by atoms with van der Waals surface area (Å²) in [4.78, 5) is 6.68. The van der Waals surface area contributed by atoms with Crippen LogP contribution >= 0.6 is 0 Å². The van der Waals surface area contributed by atoms with Crippen LogP contribution in [0.15, 0.2) is 85.0 Å². The van der Waals surface area contributed by atoms with Gasteiger partial charge in [-0.2, -0.15) is 0 Å². The third-order valence-corrected chi connectivity index (χ3v) is 4.55. The molecular weight excluding hydrogens is 306 g/mol. The van der Waals surface area contributed by atoms with E-state index >= 15 is 0 Å². The maximum atomic E-state index is 4.35. The average molecular weight is 335 g/mol. The summed E-state index contributed by atoms with van der Waals surface area (Å²) in [5.41, 5.74) is 3.48. The number of nitrogens with one attached hydrogen (secondary N) is 1. The Labute approximate surface area is 152 Å². The second-order valence-electron chi connectivity index (χ2n) is 6.36. The number of anilines is 1. The highest BCUT2D eigenvalue weighted by Gasteiger charge is 2.26. The van der Waals surface area contributed by atoms with Gasteiger partial charge in [-0.3, -0.25) is 0 Å². The van der Waals surface area contributed by atoms with E-state index in [0.717, 1.165) is 42.9 Å².